The molecule has 1 heterocycles. The number of nitrogens with zero attached hydrogens (tertiary/aromatic N) is 1. The van der Waals surface area contributed by atoms with E-state index in [9.17, 15) is 9.59 Å². The van der Waals surface area contributed by atoms with Crippen molar-refractivity contribution in [3.63, 3.8) is 0 Å². The Morgan fingerprint density at radius 3 is 2.65 bits per heavy atom. The van der Waals surface area contributed by atoms with Crippen LogP contribution in [0.2, 0.25) is 0 Å². The standard InChI is InChI=1S/C12H22N2O3/c1-3-4-10(13)11(15)14-6-5-9(12(16)17)7-8(14)2/h8-10H,3-7,13H2,1-2H3,(H,16,17)/t8?,9?,10-/m1/s1. The van der Waals surface area contributed by atoms with Crippen molar-refractivity contribution < 1.29 is 14.7 Å². The Labute approximate surface area is 102 Å². The summed E-state index contributed by atoms with van der Waals surface area (Å²) >= 11 is 0. The van der Waals surface area contributed by atoms with Crippen molar-refractivity contribution in [1.29, 1.82) is 0 Å². The van der Waals surface area contributed by atoms with Crippen LogP contribution in [0.4, 0.5) is 0 Å². The Balaban J connectivity index is 2.57. The molecule has 0 radical (unpaired) electrons. The Bertz CT molecular complexity index is 293. The van der Waals surface area contributed by atoms with E-state index < -0.39 is 12.0 Å². The summed E-state index contributed by atoms with van der Waals surface area (Å²) in [6.07, 6.45) is 2.63. The number of nitrogens with two attached hydrogens (primary N) is 1. The van der Waals surface area contributed by atoms with Crippen molar-refractivity contribution in [3.8, 4) is 0 Å². The first-order chi connectivity index (χ1) is 7.97. The normalized spacial score (nSPS) is 26.6. The predicted molar refractivity (Wildman–Crippen MR) is 64.4 cm³/mol. The summed E-state index contributed by atoms with van der Waals surface area (Å²) in [4.78, 5) is 24.6. The Kier molecular flexibility index (Phi) is 4.93. The smallest absolute Gasteiger partial charge is 0.306 e. The zero-order valence-electron chi connectivity index (χ0n) is 10.6. The molecule has 1 fully saturated rings. The second-order valence-electron chi connectivity index (χ2n) is 4.84. The van der Waals surface area contributed by atoms with Crippen molar-refractivity contribution in [1.82, 2.24) is 4.90 Å². The molecule has 0 aromatic carbocycles. The van der Waals surface area contributed by atoms with Gasteiger partial charge in [-0.1, -0.05) is 13.3 Å². The van der Waals surface area contributed by atoms with Gasteiger partial charge in [-0.25, -0.2) is 0 Å². The highest BCUT2D eigenvalue weighted by Crippen LogP contribution is 2.23. The van der Waals surface area contributed by atoms with E-state index in [0.717, 1.165) is 6.42 Å². The number of rotatable bonds is 4. The minimum absolute atomic E-state index is 0.0275. The minimum Gasteiger partial charge on any atom is -0.481 e. The number of piperidine rings is 1. The van der Waals surface area contributed by atoms with Crippen LogP contribution < -0.4 is 5.73 Å². The molecule has 1 aliphatic heterocycles. The summed E-state index contributed by atoms with van der Waals surface area (Å²) in [5, 5.41) is 8.95. The van der Waals surface area contributed by atoms with Crippen LogP contribution in [0.25, 0.3) is 0 Å². The molecule has 17 heavy (non-hydrogen) atoms. The van der Waals surface area contributed by atoms with Gasteiger partial charge in [0.25, 0.3) is 0 Å². The summed E-state index contributed by atoms with van der Waals surface area (Å²) in [6.45, 7) is 4.40. The molecule has 5 heteroatoms. The molecule has 2 unspecified atom stereocenters. The van der Waals surface area contributed by atoms with Gasteiger partial charge in [0.15, 0.2) is 0 Å². The van der Waals surface area contributed by atoms with Crippen LogP contribution >= 0.6 is 0 Å². The second-order valence-corrected chi connectivity index (χ2v) is 4.84. The van der Waals surface area contributed by atoms with Crippen molar-refractivity contribution in [3.05, 3.63) is 0 Å². The van der Waals surface area contributed by atoms with Crippen LogP contribution in [0, 0.1) is 5.92 Å². The molecular weight excluding hydrogens is 220 g/mol. The molecule has 3 atom stereocenters. The number of aliphatic carboxylic acids is 1. The highest BCUT2D eigenvalue weighted by Gasteiger charge is 2.33. The molecule has 1 aliphatic rings. The van der Waals surface area contributed by atoms with Gasteiger partial charge in [0.05, 0.1) is 12.0 Å². The van der Waals surface area contributed by atoms with E-state index in [1.807, 2.05) is 13.8 Å². The fraction of sp³-hybridized carbons (Fsp3) is 0.833. The van der Waals surface area contributed by atoms with Gasteiger partial charge < -0.3 is 15.7 Å². The summed E-state index contributed by atoms with van der Waals surface area (Å²) in [5.74, 6) is -1.12. The third-order valence-electron chi connectivity index (χ3n) is 3.43. The quantitative estimate of drug-likeness (QED) is 0.764. The van der Waals surface area contributed by atoms with Gasteiger partial charge in [0.1, 0.15) is 0 Å². The lowest BCUT2D eigenvalue weighted by Crippen LogP contribution is -2.51. The Morgan fingerprint density at radius 1 is 1.53 bits per heavy atom. The van der Waals surface area contributed by atoms with E-state index in [-0.39, 0.29) is 17.9 Å². The molecule has 0 saturated carbocycles. The van der Waals surface area contributed by atoms with Gasteiger partial charge in [-0.3, -0.25) is 9.59 Å². The van der Waals surface area contributed by atoms with Crippen molar-refractivity contribution in [2.75, 3.05) is 6.54 Å². The van der Waals surface area contributed by atoms with Crippen LogP contribution in [0.5, 0.6) is 0 Å². The number of carbonyl (C=O) groups excluding carboxylic acids is 1. The van der Waals surface area contributed by atoms with Crippen molar-refractivity contribution in [2.24, 2.45) is 11.7 Å². The SMILES string of the molecule is CCC[C@@H](N)C(=O)N1CCC(C(=O)O)CC1C. The zero-order chi connectivity index (χ0) is 13.0. The van der Waals surface area contributed by atoms with Crippen molar-refractivity contribution in [2.45, 2.75) is 51.6 Å². The average Bonchev–Trinajstić information content (AvgIpc) is 2.28. The number of likely N-dealkylation sites (tertiary alicyclic amines) is 1. The Hall–Kier alpha value is -1.10. The Morgan fingerprint density at radius 2 is 2.18 bits per heavy atom. The summed E-state index contributed by atoms with van der Waals surface area (Å²) in [6, 6.07) is -0.468. The average molecular weight is 242 g/mol. The molecule has 1 amide bonds. The molecule has 0 aromatic rings. The topological polar surface area (TPSA) is 83.6 Å². The van der Waals surface area contributed by atoms with Crippen LogP contribution in [-0.2, 0) is 9.59 Å². The van der Waals surface area contributed by atoms with Crippen LogP contribution in [0.3, 0.4) is 0 Å². The van der Waals surface area contributed by atoms with E-state index in [1.54, 1.807) is 4.90 Å². The first-order valence-corrected chi connectivity index (χ1v) is 6.26. The molecule has 5 nitrogen and oxygen atoms in total. The zero-order valence-corrected chi connectivity index (χ0v) is 10.6. The van der Waals surface area contributed by atoms with Gasteiger partial charge in [0.2, 0.25) is 5.91 Å². The molecule has 3 N–H and O–H groups in total. The van der Waals surface area contributed by atoms with Crippen LogP contribution in [0.1, 0.15) is 39.5 Å². The molecular formula is C12H22N2O3. The monoisotopic (exact) mass is 242 g/mol. The maximum Gasteiger partial charge on any atom is 0.306 e. The number of carboxylic acid groups (broad SMARTS) is 1. The van der Waals surface area contributed by atoms with E-state index in [1.165, 1.54) is 0 Å². The summed E-state index contributed by atoms with van der Waals surface area (Å²) in [7, 11) is 0. The number of carbonyl (C=O) groups is 2. The van der Waals surface area contributed by atoms with Gasteiger partial charge in [-0.05, 0) is 26.2 Å². The minimum atomic E-state index is -0.762. The fourth-order valence-corrected chi connectivity index (χ4v) is 2.37. The molecule has 0 aromatic heterocycles. The number of hydrogen-bond donors (Lipinski definition) is 2. The molecule has 1 saturated heterocycles. The molecule has 1 rings (SSSR count). The van der Waals surface area contributed by atoms with Gasteiger partial charge in [-0.15, -0.1) is 0 Å². The maximum atomic E-state index is 12.0. The number of amides is 1. The third kappa shape index (κ3) is 3.43. The van der Waals surface area contributed by atoms with Gasteiger partial charge in [-0.2, -0.15) is 0 Å². The number of carboxylic acids is 1. The second kappa shape index (κ2) is 6.00. The molecule has 0 spiro atoms. The largest absolute Gasteiger partial charge is 0.481 e. The van der Waals surface area contributed by atoms with Crippen LogP contribution in [0.15, 0.2) is 0 Å². The first kappa shape index (κ1) is 14.0. The van der Waals surface area contributed by atoms with E-state index in [0.29, 0.717) is 25.8 Å². The lowest BCUT2D eigenvalue weighted by molar-refractivity contribution is -0.147. The van der Waals surface area contributed by atoms with Crippen LogP contribution in [-0.4, -0.2) is 40.5 Å². The lowest BCUT2D eigenvalue weighted by atomic mass is 9.91. The molecule has 0 aliphatic carbocycles. The number of hydrogen-bond acceptors (Lipinski definition) is 3. The fourth-order valence-electron chi connectivity index (χ4n) is 2.37. The summed E-state index contributed by atoms with van der Waals surface area (Å²) < 4.78 is 0. The van der Waals surface area contributed by atoms with E-state index in [4.69, 9.17) is 10.8 Å². The highest BCUT2D eigenvalue weighted by molar-refractivity contribution is 5.82. The third-order valence-corrected chi connectivity index (χ3v) is 3.43. The molecule has 0 bridgehead atoms. The maximum absolute atomic E-state index is 12.0. The predicted octanol–water partition coefficient (Wildman–Crippen LogP) is 0.826. The summed E-state index contributed by atoms with van der Waals surface area (Å²) in [5.41, 5.74) is 5.81. The van der Waals surface area contributed by atoms with E-state index in [2.05, 4.69) is 0 Å². The van der Waals surface area contributed by atoms with Crippen molar-refractivity contribution >= 4 is 11.9 Å². The van der Waals surface area contributed by atoms with Gasteiger partial charge in [0, 0.05) is 12.6 Å². The van der Waals surface area contributed by atoms with E-state index >= 15 is 0 Å². The first-order valence-electron chi connectivity index (χ1n) is 6.26. The lowest BCUT2D eigenvalue weighted by Gasteiger charge is -2.37. The molecule has 98 valence electrons. The highest BCUT2D eigenvalue weighted by atomic mass is 16.4. The van der Waals surface area contributed by atoms with Gasteiger partial charge >= 0.3 is 5.97 Å².